The van der Waals surface area contributed by atoms with Gasteiger partial charge in [0.15, 0.2) is 16.6 Å². The van der Waals surface area contributed by atoms with E-state index in [9.17, 15) is 9.00 Å². The van der Waals surface area contributed by atoms with Crippen LogP contribution in [0.5, 0.6) is 17.2 Å². The first kappa shape index (κ1) is 24.7. The van der Waals surface area contributed by atoms with Gasteiger partial charge < -0.3 is 14.2 Å². The maximum absolute atomic E-state index is 13.4. The number of aryl methyl sites for hydroxylation is 1. The minimum absolute atomic E-state index is 0.367. The third-order valence-corrected chi connectivity index (χ3v) is 7.57. The number of rotatable bonds is 9. The first-order valence-corrected chi connectivity index (χ1v) is 13.1. The first-order valence-electron chi connectivity index (χ1n) is 11.0. The number of hydrogen-bond donors (Lipinski definition) is 1. The lowest BCUT2D eigenvalue weighted by Crippen LogP contribution is -2.25. The number of thiazole rings is 1. The molecule has 0 saturated heterocycles. The summed E-state index contributed by atoms with van der Waals surface area (Å²) in [5.41, 5.74) is 2.35. The highest BCUT2D eigenvalue weighted by atomic mass is 32.2. The highest BCUT2D eigenvalue weighted by molar-refractivity contribution is 7.85. The summed E-state index contributed by atoms with van der Waals surface area (Å²) in [4.78, 5) is 18.7. The zero-order chi connectivity index (χ0) is 24.9. The molecule has 3 aromatic carbocycles. The topological polar surface area (TPSA) is 86.8 Å². The van der Waals surface area contributed by atoms with Crippen LogP contribution in [0.15, 0.2) is 65.6 Å². The molecule has 0 radical (unpaired) electrons. The summed E-state index contributed by atoms with van der Waals surface area (Å²) < 4.78 is 29.9. The van der Waals surface area contributed by atoms with Gasteiger partial charge in [-0.05, 0) is 36.8 Å². The molecule has 2 atom stereocenters. The standard InChI is InChI=1S/C26H26N2O5S2/c1-5-35(30)19-11-9-17(10-12-19)24(33-18-8-6-7-16(2)13-18)25(29)28-26-27-20-14-21(31-3)22(32-4)15-23(20)34-26/h6-15,24H,5H2,1-4H3,(H,27,28,29). The molecule has 9 heteroatoms. The molecular weight excluding hydrogens is 484 g/mol. The van der Waals surface area contributed by atoms with E-state index in [4.69, 9.17) is 14.2 Å². The molecule has 1 aromatic heterocycles. The lowest BCUT2D eigenvalue weighted by atomic mass is 10.1. The van der Waals surface area contributed by atoms with Crippen molar-refractivity contribution in [3.63, 3.8) is 0 Å². The Morgan fingerprint density at radius 3 is 2.43 bits per heavy atom. The second-order valence-corrected chi connectivity index (χ2v) is 10.5. The summed E-state index contributed by atoms with van der Waals surface area (Å²) in [5.74, 6) is 1.88. The number of nitrogens with one attached hydrogen (secondary N) is 1. The van der Waals surface area contributed by atoms with Crippen molar-refractivity contribution in [1.29, 1.82) is 0 Å². The fraction of sp³-hybridized carbons (Fsp3) is 0.231. The Balaban J connectivity index is 1.64. The predicted octanol–water partition coefficient (Wildman–Crippen LogP) is 5.51. The molecular formula is C26H26N2O5S2. The van der Waals surface area contributed by atoms with Crippen molar-refractivity contribution < 1.29 is 23.2 Å². The average molecular weight is 511 g/mol. The number of fused-ring (bicyclic) bond motifs is 1. The molecule has 7 nitrogen and oxygen atoms in total. The third-order valence-electron chi connectivity index (χ3n) is 5.31. The maximum atomic E-state index is 13.4. The van der Waals surface area contributed by atoms with Crippen LogP contribution in [0.3, 0.4) is 0 Å². The van der Waals surface area contributed by atoms with E-state index >= 15 is 0 Å². The molecule has 4 aromatic rings. The van der Waals surface area contributed by atoms with Crippen molar-refractivity contribution in [2.45, 2.75) is 24.8 Å². The van der Waals surface area contributed by atoms with Gasteiger partial charge in [0.25, 0.3) is 5.91 Å². The Kier molecular flexibility index (Phi) is 7.67. The molecule has 0 bridgehead atoms. The van der Waals surface area contributed by atoms with Crippen molar-refractivity contribution in [2.24, 2.45) is 0 Å². The molecule has 1 amide bonds. The van der Waals surface area contributed by atoms with E-state index < -0.39 is 16.9 Å². The van der Waals surface area contributed by atoms with Gasteiger partial charge in [0.1, 0.15) is 5.75 Å². The summed E-state index contributed by atoms with van der Waals surface area (Å²) in [6.45, 7) is 3.82. The van der Waals surface area contributed by atoms with Gasteiger partial charge in [-0.1, -0.05) is 42.5 Å². The van der Waals surface area contributed by atoms with Gasteiger partial charge in [-0.15, -0.1) is 0 Å². The Hall–Kier alpha value is -3.43. The van der Waals surface area contributed by atoms with E-state index in [0.717, 1.165) is 10.3 Å². The summed E-state index contributed by atoms with van der Waals surface area (Å²) >= 11 is 1.33. The smallest absolute Gasteiger partial charge is 0.271 e. The van der Waals surface area contributed by atoms with Gasteiger partial charge in [0, 0.05) is 28.3 Å². The Labute approximate surface area is 210 Å². The zero-order valence-electron chi connectivity index (χ0n) is 19.9. The number of methoxy groups -OCH3 is 2. The number of hydrogen-bond acceptors (Lipinski definition) is 7. The van der Waals surface area contributed by atoms with Gasteiger partial charge in [-0.3, -0.25) is 14.3 Å². The van der Waals surface area contributed by atoms with Crippen LogP contribution in [-0.2, 0) is 15.6 Å². The van der Waals surface area contributed by atoms with Crippen LogP contribution in [0.4, 0.5) is 5.13 Å². The van der Waals surface area contributed by atoms with E-state index in [1.54, 1.807) is 44.6 Å². The quantitative estimate of drug-likeness (QED) is 0.320. The van der Waals surface area contributed by atoms with Crippen molar-refractivity contribution in [1.82, 2.24) is 4.98 Å². The SMILES string of the molecule is CCS(=O)c1ccc(C(Oc2cccc(C)c2)C(=O)Nc2nc3cc(OC)c(OC)cc3s2)cc1. The molecule has 0 aliphatic carbocycles. The number of amides is 1. The number of aromatic nitrogens is 1. The number of ether oxygens (including phenoxy) is 3. The molecule has 0 spiro atoms. The van der Waals surface area contributed by atoms with Crippen LogP contribution in [-0.4, -0.2) is 35.1 Å². The summed E-state index contributed by atoms with van der Waals surface area (Å²) in [6.07, 6.45) is -0.933. The molecule has 2 unspecified atom stereocenters. The van der Waals surface area contributed by atoms with Crippen LogP contribution in [0.2, 0.25) is 0 Å². The fourth-order valence-electron chi connectivity index (χ4n) is 3.54. The van der Waals surface area contributed by atoms with E-state index in [1.807, 2.05) is 44.2 Å². The number of nitrogens with zero attached hydrogens (tertiary/aromatic N) is 1. The fourth-order valence-corrected chi connectivity index (χ4v) is 5.19. The van der Waals surface area contributed by atoms with E-state index in [1.165, 1.54) is 11.3 Å². The number of anilines is 1. The highest BCUT2D eigenvalue weighted by Gasteiger charge is 2.25. The summed E-state index contributed by atoms with van der Waals surface area (Å²) in [7, 11) is 2.05. The van der Waals surface area contributed by atoms with Crippen LogP contribution < -0.4 is 19.5 Å². The minimum atomic E-state index is -1.08. The van der Waals surface area contributed by atoms with Crippen LogP contribution in [0, 0.1) is 6.92 Å². The minimum Gasteiger partial charge on any atom is -0.493 e. The molecule has 0 saturated carbocycles. The van der Waals surface area contributed by atoms with Crippen LogP contribution in [0.25, 0.3) is 10.2 Å². The van der Waals surface area contributed by atoms with Crippen molar-refractivity contribution in [3.8, 4) is 17.2 Å². The normalized spacial score (nSPS) is 12.7. The third kappa shape index (κ3) is 5.63. The molecule has 0 fully saturated rings. The van der Waals surface area contributed by atoms with Gasteiger partial charge in [0.05, 0.1) is 35.2 Å². The molecule has 1 heterocycles. The Morgan fingerprint density at radius 1 is 1.06 bits per heavy atom. The summed E-state index contributed by atoms with van der Waals surface area (Å²) in [6, 6.07) is 18.2. The number of benzene rings is 3. The molecule has 35 heavy (non-hydrogen) atoms. The molecule has 1 N–H and O–H groups in total. The van der Waals surface area contributed by atoms with E-state index in [-0.39, 0.29) is 5.91 Å². The zero-order valence-corrected chi connectivity index (χ0v) is 21.5. The van der Waals surface area contributed by atoms with Gasteiger partial charge in [0.2, 0.25) is 6.10 Å². The molecule has 0 aliphatic heterocycles. The Bertz CT molecular complexity index is 1330. The van der Waals surface area contributed by atoms with Crippen LogP contribution in [0.1, 0.15) is 24.2 Å². The largest absolute Gasteiger partial charge is 0.493 e. The number of carbonyl (C=O) groups is 1. The summed E-state index contributed by atoms with van der Waals surface area (Å²) in [5, 5.41) is 3.32. The maximum Gasteiger partial charge on any atom is 0.271 e. The second-order valence-electron chi connectivity index (χ2n) is 7.70. The van der Waals surface area contributed by atoms with Gasteiger partial charge >= 0.3 is 0 Å². The first-order chi connectivity index (χ1) is 16.9. The predicted molar refractivity (Wildman–Crippen MR) is 139 cm³/mol. The molecule has 4 rings (SSSR count). The van der Waals surface area contributed by atoms with Crippen molar-refractivity contribution >= 4 is 43.4 Å². The van der Waals surface area contributed by atoms with E-state index in [0.29, 0.717) is 44.1 Å². The lowest BCUT2D eigenvalue weighted by Gasteiger charge is -2.19. The second kappa shape index (κ2) is 10.9. The number of carbonyl (C=O) groups excluding carboxylic acids is 1. The van der Waals surface area contributed by atoms with Gasteiger partial charge in [-0.2, -0.15) is 0 Å². The van der Waals surface area contributed by atoms with E-state index in [2.05, 4.69) is 10.3 Å². The molecule has 0 aliphatic rings. The molecule has 182 valence electrons. The van der Waals surface area contributed by atoms with Crippen molar-refractivity contribution in [3.05, 3.63) is 71.8 Å². The highest BCUT2D eigenvalue weighted by Crippen LogP contribution is 2.36. The van der Waals surface area contributed by atoms with Crippen LogP contribution >= 0.6 is 11.3 Å². The van der Waals surface area contributed by atoms with Crippen molar-refractivity contribution in [2.75, 3.05) is 25.3 Å². The lowest BCUT2D eigenvalue weighted by molar-refractivity contribution is -0.123. The Morgan fingerprint density at radius 2 is 1.77 bits per heavy atom. The monoisotopic (exact) mass is 510 g/mol. The van der Waals surface area contributed by atoms with Gasteiger partial charge in [-0.25, -0.2) is 4.98 Å². The average Bonchev–Trinajstić information content (AvgIpc) is 3.26.